The molecule has 1 aliphatic rings. The van der Waals surface area contributed by atoms with Crippen LogP contribution in [-0.4, -0.2) is 61.7 Å². The van der Waals surface area contributed by atoms with Gasteiger partial charge in [0.05, 0.1) is 17.9 Å². The molecule has 0 aromatic heterocycles. The molecule has 0 saturated carbocycles. The molecule has 0 bridgehead atoms. The van der Waals surface area contributed by atoms with Gasteiger partial charge in [-0.1, -0.05) is 12.1 Å². The quantitative estimate of drug-likeness (QED) is 0.411. The van der Waals surface area contributed by atoms with E-state index in [0.29, 0.717) is 0 Å². The second-order valence-electron chi connectivity index (χ2n) is 8.04. The summed E-state index contributed by atoms with van der Waals surface area (Å²) >= 11 is 0. The van der Waals surface area contributed by atoms with Crippen LogP contribution in [0.4, 0.5) is 46.5 Å². The van der Waals surface area contributed by atoms with Crippen LogP contribution in [0.25, 0.3) is 0 Å². The van der Waals surface area contributed by atoms with E-state index < -0.39 is 67.1 Å². The SMILES string of the molecule is CC(C)(C(=O)NCC(F)(F)C(F)(F)F)C(=O)N[C@H]1CN(CC(F)(F)F)c2ccccc2NC1=O. The molecule has 190 valence electrons. The van der Waals surface area contributed by atoms with Gasteiger partial charge in [-0.25, -0.2) is 0 Å². The van der Waals surface area contributed by atoms with E-state index >= 15 is 0 Å². The third-order valence-corrected chi connectivity index (χ3v) is 4.92. The van der Waals surface area contributed by atoms with Crippen molar-refractivity contribution in [2.24, 2.45) is 5.41 Å². The number of anilines is 2. The number of amides is 3. The molecule has 1 heterocycles. The molecule has 1 aromatic carbocycles. The first-order valence-electron chi connectivity index (χ1n) is 9.60. The van der Waals surface area contributed by atoms with Gasteiger partial charge in [0.1, 0.15) is 18.0 Å². The predicted molar refractivity (Wildman–Crippen MR) is 103 cm³/mol. The Morgan fingerprint density at radius 2 is 1.62 bits per heavy atom. The Labute approximate surface area is 187 Å². The number of benzene rings is 1. The first kappa shape index (κ1) is 27.1. The Kier molecular flexibility index (Phi) is 7.38. The molecule has 0 fully saturated rings. The van der Waals surface area contributed by atoms with E-state index in [-0.39, 0.29) is 11.4 Å². The fourth-order valence-corrected chi connectivity index (χ4v) is 2.91. The zero-order valence-electron chi connectivity index (χ0n) is 17.7. The number of fused-ring (bicyclic) bond motifs is 1. The lowest BCUT2D eigenvalue weighted by molar-refractivity contribution is -0.278. The monoisotopic (exact) mass is 504 g/mol. The summed E-state index contributed by atoms with van der Waals surface area (Å²) < 4.78 is 102. The lowest BCUT2D eigenvalue weighted by atomic mass is 9.90. The number of hydrogen-bond donors (Lipinski definition) is 3. The lowest BCUT2D eigenvalue weighted by Gasteiger charge is -2.30. The first-order valence-corrected chi connectivity index (χ1v) is 9.60. The van der Waals surface area contributed by atoms with Gasteiger partial charge < -0.3 is 20.9 Å². The van der Waals surface area contributed by atoms with Crippen LogP contribution in [0.2, 0.25) is 0 Å². The molecule has 3 N–H and O–H groups in total. The van der Waals surface area contributed by atoms with Crippen molar-refractivity contribution in [1.82, 2.24) is 10.6 Å². The fourth-order valence-electron chi connectivity index (χ4n) is 2.91. The highest BCUT2D eigenvalue weighted by atomic mass is 19.4. The first-order chi connectivity index (χ1) is 15.3. The largest absolute Gasteiger partial charge is 0.455 e. The van der Waals surface area contributed by atoms with Crippen LogP contribution < -0.4 is 20.9 Å². The summed E-state index contributed by atoms with van der Waals surface area (Å²) in [6, 6.07) is 3.90. The van der Waals surface area contributed by atoms with Crippen molar-refractivity contribution in [2.75, 3.05) is 29.9 Å². The highest BCUT2D eigenvalue weighted by Gasteiger charge is 2.57. The Morgan fingerprint density at radius 1 is 1.03 bits per heavy atom. The molecule has 0 unspecified atom stereocenters. The molecule has 15 heteroatoms. The number of carbonyl (C=O) groups excluding carboxylic acids is 3. The minimum absolute atomic E-state index is 0.0105. The third-order valence-electron chi connectivity index (χ3n) is 4.92. The molecule has 0 aliphatic carbocycles. The minimum atomic E-state index is -5.94. The Bertz CT molecular complexity index is 946. The Hall–Kier alpha value is -3.13. The van der Waals surface area contributed by atoms with Gasteiger partial charge in [-0.2, -0.15) is 35.1 Å². The van der Waals surface area contributed by atoms with E-state index in [4.69, 9.17) is 0 Å². The molecular weight excluding hydrogens is 484 g/mol. The average molecular weight is 504 g/mol. The van der Waals surface area contributed by atoms with Gasteiger partial charge in [-0.05, 0) is 26.0 Å². The van der Waals surface area contributed by atoms with E-state index in [1.165, 1.54) is 29.6 Å². The van der Waals surface area contributed by atoms with Crippen LogP contribution in [0.5, 0.6) is 0 Å². The van der Waals surface area contributed by atoms with Gasteiger partial charge in [-0.3, -0.25) is 14.4 Å². The van der Waals surface area contributed by atoms with Crippen LogP contribution in [0.15, 0.2) is 24.3 Å². The van der Waals surface area contributed by atoms with Crippen molar-refractivity contribution in [3.63, 3.8) is 0 Å². The zero-order valence-corrected chi connectivity index (χ0v) is 17.7. The van der Waals surface area contributed by atoms with Crippen molar-refractivity contribution in [3.05, 3.63) is 24.3 Å². The van der Waals surface area contributed by atoms with Gasteiger partial charge in [0, 0.05) is 6.54 Å². The molecule has 2 rings (SSSR count). The molecule has 1 aliphatic heterocycles. The van der Waals surface area contributed by atoms with E-state index in [2.05, 4.69) is 10.6 Å². The maximum Gasteiger partial charge on any atom is 0.455 e. The molecule has 3 amide bonds. The number of carbonyl (C=O) groups is 3. The molecule has 1 aromatic rings. The topological polar surface area (TPSA) is 90.5 Å². The van der Waals surface area contributed by atoms with Crippen LogP contribution in [0, 0.1) is 5.41 Å². The molecule has 1 atom stereocenters. The summed E-state index contributed by atoms with van der Waals surface area (Å²) in [5, 5.41) is 5.76. The summed E-state index contributed by atoms with van der Waals surface area (Å²) in [6.07, 6.45) is -10.6. The summed E-state index contributed by atoms with van der Waals surface area (Å²) in [6.45, 7) is -2.51. The molecule has 0 saturated heterocycles. The number of alkyl halides is 8. The second-order valence-corrected chi connectivity index (χ2v) is 8.04. The molecule has 0 spiro atoms. The lowest BCUT2D eigenvalue weighted by Crippen LogP contribution is -2.57. The van der Waals surface area contributed by atoms with E-state index in [0.717, 1.165) is 18.7 Å². The number of nitrogens with one attached hydrogen (secondary N) is 3. The second kappa shape index (κ2) is 9.25. The Morgan fingerprint density at radius 3 is 2.18 bits per heavy atom. The van der Waals surface area contributed by atoms with Crippen molar-refractivity contribution >= 4 is 29.1 Å². The zero-order chi connectivity index (χ0) is 26.1. The van der Waals surface area contributed by atoms with Crippen LogP contribution in [-0.2, 0) is 14.4 Å². The third kappa shape index (κ3) is 6.26. The molecule has 7 nitrogen and oxygen atoms in total. The van der Waals surface area contributed by atoms with Gasteiger partial charge in [0.25, 0.3) is 0 Å². The summed E-state index contributed by atoms with van der Waals surface area (Å²) in [5.41, 5.74) is -2.22. The molecule has 0 radical (unpaired) electrons. The van der Waals surface area contributed by atoms with E-state index in [1.807, 2.05) is 0 Å². The summed E-state index contributed by atoms with van der Waals surface area (Å²) in [7, 11) is 0. The van der Waals surface area contributed by atoms with Gasteiger partial charge in [0.2, 0.25) is 17.7 Å². The summed E-state index contributed by atoms with van der Waals surface area (Å²) in [5.74, 6) is -8.98. The van der Waals surface area contributed by atoms with E-state index in [1.54, 1.807) is 0 Å². The van der Waals surface area contributed by atoms with Crippen LogP contribution >= 0.6 is 0 Å². The maximum absolute atomic E-state index is 13.1. The summed E-state index contributed by atoms with van der Waals surface area (Å²) in [4.78, 5) is 38.1. The number of para-hydroxylation sites is 2. The highest BCUT2D eigenvalue weighted by molar-refractivity contribution is 6.07. The van der Waals surface area contributed by atoms with Crippen molar-refractivity contribution < 1.29 is 49.5 Å². The van der Waals surface area contributed by atoms with Gasteiger partial charge >= 0.3 is 18.3 Å². The number of hydrogen-bond acceptors (Lipinski definition) is 4. The van der Waals surface area contributed by atoms with Crippen molar-refractivity contribution in [2.45, 2.75) is 38.2 Å². The van der Waals surface area contributed by atoms with Crippen LogP contribution in [0.3, 0.4) is 0 Å². The minimum Gasteiger partial charge on any atom is -0.358 e. The van der Waals surface area contributed by atoms with Crippen LogP contribution in [0.1, 0.15) is 13.8 Å². The van der Waals surface area contributed by atoms with Crippen molar-refractivity contribution in [3.8, 4) is 0 Å². The highest BCUT2D eigenvalue weighted by Crippen LogP contribution is 2.35. The normalized spacial score (nSPS) is 17.4. The maximum atomic E-state index is 13.1. The van der Waals surface area contributed by atoms with E-state index in [9.17, 15) is 49.5 Å². The molecular formula is C19H20F8N4O3. The number of nitrogens with zero attached hydrogens (tertiary/aromatic N) is 1. The smallest absolute Gasteiger partial charge is 0.358 e. The number of halogens is 8. The van der Waals surface area contributed by atoms with Gasteiger partial charge in [-0.15, -0.1) is 0 Å². The fraction of sp³-hybridized carbons (Fsp3) is 0.526. The predicted octanol–water partition coefficient (Wildman–Crippen LogP) is 2.83. The standard InChI is InChI=1S/C19H20F8N4O3/c1-16(2,14(33)28-8-17(20,21)19(25,26)27)15(34)30-11-7-31(9-18(22,23)24)12-6-4-3-5-10(12)29-13(11)32/h3-6,11H,7-9H2,1-2H3,(H,28,33)(H,29,32)(H,30,34)/t11-/m0/s1. The van der Waals surface area contributed by atoms with Gasteiger partial charge in [0.15, 0.2) is 0 Å². The Balaban J connectivity index is 2.18. The average Bonchev–Trinajstić information content (AvgIpc) is 2.80. The van der Waals surface area contributed by atoms with Crippen molar-refractivity contribution in [1.29, 1.82) is 0 Å². The molecule has 34 heavy (non-hydrogen) atoms. The number of rotatable bonds is 6.